The summed E-state index contributed by atoms with van der Waals surface area (Å²) in [4.78, 5) is 13.1. The largest absolute Gasteiger partial charge is 0.312 e. The second kappa shape index (κ2) is 9.20. The Morgan fingerprint density at radius 3 is 1.29 bits per heavy atom. The smallest absolute Gasteiger partial charge is 0.133 e. The van der Waals surface area contributed by atoms with E-state index in [1.165, 1.54) is 0 Å². The first-order valence-electron chi connectivity index (χ1n) is 5.38. The summed E-state index contributed by atoms with van der Waals surface area (Å²) in [5.74, 6) is 1.45. The van der Waals surface area contributed by atoms with Crippen molar-refractivity contribution in [1.29, 1.82) is 0 Å². The van der Waals surface area contributed by atoms with Crippen LogP contribution in [-0.2, 0) is 4.79 Å². The van der Waals surface area contributed by atoms with Gasteiger partial charge >= 0.3 is 0 Å². The Balaban J connectivity index is 0. The molecule has 2 heteroatoms. The van der Waals surface area contributed by atoms with Crippen molar-refractivity contribution in [3.63, 3.8) is 0 Å². The second-order valence-electron chi connectivity index (χ2n) is 5.08. The van der Waals surface area contributed by atoms with E-state index in [1.54, 1.807) is 0 Å². The number of ketones is 1. The predicted octanol–water partition coefficient (Wildman–Crippen LogP) is 2.83. The van der Waals surface area contributed by atoms with Gasteiger partial charge in [-0.25, -0.2) is 0 Å². The van der Waals surface area contributed by atoms with Crippen LogP contribution in [0.4, 0.5) is 0 Å². The molecule has 0 bridgehead atoms. The molecule has 14 heavy (non-hydrogen) atoms. The molecule has 0 unspecified atom stereocenters. The summed E-state index contributed by atoms with van der Waals surface area (Å²) in [7, 11) is 6.00. The summed E-state index contributed by atoms with van der Waals surface area (Å²) in [6, 6.07) is 0. The molecule has 2 nitrogen and oxygen atoms in total. The highest BCUT2D eigenvalue weighted by molar-refractivity contribution is 5.78. The molecule has 0 spiro atoms. The summed E-state index contributed by atoms with van der Waals surface area (Å²) >= 11 is 0. The van der Waals surface area contributed by atoms with E-state index in [1.807, 2.05) is 26.0 Å². The molecule has 0 saturated heterocycles. The van der Waals surface area contributed by atoms with Crippen molar-refractivity contribution < 1.29 is 4.79 Å². The highest BCUT2D eigenvalue weighted by atomic mass is 16.1. The van der Waals surface area contributed by atoms with Gasteiger partial charge < -0.3 is 4.90 Å². The van der Waals surface area contributed by atoms with Crippen molar-refractivity contribution in [3.8, 4) is 0 Å². The molecule has 0 atom stereocenters. The molecule has 0 rings (SSSR count). The molecular formula is C12H27NO. The molecule has 0 fully saturated rings. The van der Waals surface area contributed by atoms with Gasteiger partial charge in [-0.1, -0.05) is 27.7 Å². The highest BCUT2D eigenvalue weighted by Gasteiger charge is 2.06. The first-order chi connectivity index (χ1) is 6.25. The summed E-state index contributed by atoms with van der Waals surface area (Å²) < 4.78 is 0. The Hall–Kier alpha value is -0.370. The molecule has 0 aromatic rings. The van der Waals surface area contributed by atoms with Gasteiger partial charge in [-0.05, 0) is 33.0 Å². The lowest BCUT2D eigenvalue weighted by Gasteiger charge is -2.05. The third kappa shape index (κ3) is 22.6. The minimum Gasteiger partial charge on any atom is -0.312 e. The maximum atomic E-state index is 11.1. The number of nitrogens with zero attached hydrogens (tertiary/aromatic N) is 1. The Morgan fingerprint density at radius 1 is 0.929 bits per heavy atom. The molecule has 0 aliphatic heterocycles. The molecule has 0 heterocycles. The summed E-state index contributed by atoms with van der Waals surface area (Å²) in [5, 5.41) is 0. The third-order valence-corrected chi connectivity index (χ3v) is 1.27. The average molecular weight is 201 g/mol. The van der Waals surface area contributed by atoms with E-state index in [2.05, 4.69) is 27.7 Å². The van der Waals surface area contributed by atoms with E-state index in [-0.39, 0.29) is 0 Å². The molecule has 0 amide bonds. The van der Waals surface area contributed by atoms with Crippen LogP contribution in [0.2, 0.25) is 0 Å². The minimum absolute atomic E-state index is 0.407. The standard InChI is InChI=1S/C9H18O.C3H9N/c1-7(2)5-9(10)6-8(3)4;1-4(2)3/h7-8H,5-6H2,1-4H3;1-3H3. The van der Waals surface area contributed by atoms with Crippen LogP contribution in [0.3, 0.4) is 0 Å². The lowest BCUT2D eigenvalue weighted by atomic mass is 10.00. The van der Waals surface area contributed by atoms with E-state index in [9.17, 15) is 4.79 Å². The highest BCUT2D eigenvalue weighted by Crippen LogP contribution is 2.07. The number of hydrogen-bond acceptors (Lipinski definition) is 2. The van der Waals surface area contributed by atoms with Gasteiger partial charge in [-0.3, -0.25) is 4.79 Å². The number of carbonyl (C=O) groups excluding carboxylic acids is 1. The van der Waals surface area contributed by atoms with Crippen molar-refractivity contribution in [2.45, 2.75) is 40.5 Å². The predicted molar refractivity (Wildman–Crippen MR) is 63.5 cm³/mol. The van der Waals surface area contributed by atoms with Crippen molar-refractivity contribution in [2.75, 3.05) is 21.1 Å². The molecule has 0 radical (unpaired) electrons. The van der Waals surface area contributed by atoms with Gasteiger partial charge in [0.25, 0.3) is 0 Å². The van der Waals surface area contributed by atoms with Crippen LogP contribution in [0.15, 0.2) is 0 Å². The molecule has 0 saturated carbocycles. The maximum absolute atomic E-state index is 11.1. The second-order valence-corrected chi connectivity index (χ2v) is 5.08. The van der Waals surface area contributed by atoms with Crippen molar-refractivity contribution in [1.82, 2.24) is 4.90 Å². The molecule has 86 valence electrons. The first kappa shape index (κ1) is 16.1. The monoisotopic (exact) mass is 201 g/mol. The zero-order chi connectivity index (χ0) is 11.7. The molecule has 0 aliphatic carbocycles. The van der Waals surface area contributed by atoms with Gasteiger partial charge in [-0.15, -0.1) is 0 Å². The molecular weight excluding hydrogens is 174 g/mol. The van der Waals surface area contributed by atoms with Crippen molar-refractivity contribution >= 4 is 5.78 Å². The van der Waals surface area contributed by atoms with Gasteiger partial charge in [0.15, 0.2) is 0 Å². The van der Waals surface area contributed by atoms with Gasteiger partial charge in [0.2, 0.25) is 0 Å². The van der Waals surface area contributed by atoms with Crippen molar-refractivity contribution in [2.24, 2.45) is 11.8 Å². The Morgan fingerprint density at radius 2 is 1.14 bits per heavy atom. The van der Waals surface area contributed by atoms with Crippen LogP contribution in [0.5, 0.6) is 0 Å². The van der Waals surface area contributed by atoms with Gasteiger partial charge in [0.1, 0.15) is 5.78 Å². The summed E-state index contributed by atoms with van der Waals surface area (Å²) in [6.45, 7) is 8.33. The zero-order valence-electron chi connectivity index (χ0n) is 10.9. The molecule has 0 N–H and O–H groups in total. The van der Waals surface area contributed by atoms with Crippen LogP contribution in [0.1, 0.15) is 40.5 Å². The third-order valence-electron chi connectivity index (χ3n) is 1.27. The van der Waals surface area contributed by atoms with Gasteiger partial charge in [-0.2, -0.15) is 0 Å². The Kier molecular flexibility index (Phi) is 10.6. The van der Waals surface area contributed by atoms with Crippen LogP contribution in [0, 0.1) is 11.8 Å². The zero-order valence-corrected chi connectivity index (χ0v) is 10.9. The maximum Gasteiger partial charge on any atom is 0.133 e. The fraction of sp³-hybridized carbons (Fsp3) is 0.917. The van der Waals surface area contributed by atoms with E-state index in [0.717, 1.165) is 12.8 Å². The fourth-order valence-electron chi connectivity index (χ4n) is 0.994. The SMILES string of the molecule is CC(C)CC(=O)CC(C)C.CN(C)C. The lowest BCUT2D eigenvalue weighted by molar-refractivity contribution is -0.120. The van der Waals surface area contributed by atoms with E-state index < -0.39 is 0 Å². The number of carbonyl (C=O) groups is 1. The number of hydrogen-bond donors (Lipinski definition) is 0. The van der Waals surface area contributed by atoms with Crippen LogP contribution >= 0.6 is 0 Å². The Labute approximate surface area is 89.7 Å². The van der Waals surface area contributed by atoms with Crippen LogP contribution in [-0.4, -0.2) is 31.8 Å². The molecule has 0 aliphatic rings. The minimum atomic E-state index is 0.407. The van der Waals surface area contributed by atoms with Crippen LogP contribution < -0.4 is 0 Å². The number of rotatable bonds is 4. The van der Waals surface area contributed by atoms with E-state index in [4.69, 9.17) is 0 Å². The van der Waals surface area contributed by atoms with Crippen molar-refractivity contribution in [3.05, 3.63) is 0 Å². The normalized spacial score (nSPS) is 10.4. The average Bonchev–Trinajstić information content (AvgIpc) is 1.79. The topological polar surface area (TPSA) is 20.3 Å². The van der Waals surface area contributed by atoms with Crippen LogP contribution in [0.25, 0.3) is 0 Å². The summed E-state index contributed by atoms with van der Waals surface area (Å²) in [5.41, 5.74) is 0. The first-order valence-corrected chi connectivity index (χ1v) is 5.38. The van der Waals surface area contributed by atoms with E-state index >= 15 is 0 Å². The van der Waals surface area contributed by atoms with E-state index in [0.29, 0.717) is 17.6 Å². The number of Topliss-reactive ketones (excluding diaryl/α,β-unsaturated/α-hetero) is 1. The quantitative estimate of drug-likeness (QED) is 0.697. The Bertz CT molecular complexity index is 125. The molecule has 0 aromatic heterocycles. The fourth-order valence-corrected chi connectivity index (χ4v) is 0.994. The lowest BCUT2D eigenvalue weighted by Crippen LogP contribution is -2.05. The van der Waals surface area contributed by atoms with Gasteiger partial charge in [0, 0.05) is 12.8 Å². The van der Waals surface area contributed by atoms with Gasteiger partial charge in [0.05, 0.1) is 0 Å². The molecule has 0 aromatic carbocycles. The summed E-state index contributed by atoms with van der Waals surface area (Å²) in [6.07, 6.45) is 1.50.